The molecule has 0 bridgehead atoms. The number of nitrogens with one attached hydrogen (secondary N) is 2. The Morgan fingerprint density at radius 2 is 1.94 bits per heavy atom. The molecule has 4 aromatic rings. The van der Waals surface area contributed by atoms with Gasteiger partial charge in [-0.3, -0.25) is 0 Å². The Morgan fingerprint density at radius 1 is 1.06 bits per heavy atom. The van der Waals surface area contributed by atoms with Crippen LogP contribution in [0.1, 0.15) is 12.8 Å². The highest BCUT2D eigenvalue weighted by atomic mass is 16.5. The third-order valence-corrected chi connectivity index (χ3v) is 5.33. The summed E-state index contributed by atoms with van der Waals surface area (Å²) in [5.74, 6) is 2.77. The number of nitrogens with zero attached hydrogens (tertiary/aromatic N) is 4. The quantitative estimate of drug-likeness (QED) is 0.405. The minimum Gasteiger partial charge on any atom is -0.496 e. The second-order valence-corrected chi connectivity index (χ2v) is 7.59. The second-order valence-electron chi connectivity index (χ2n) is 7.59. The van der Waals surface area contributed by atoms with Crippen molar-refractivity contribution in [1.82, 2.24) is 19.9 Å². The molecule has 0 spiro atoms. The lowest BCUT2D eigenvalue weighted by atomic mass is 10.1. The van der Waals surface area contributed by atoms with Crippen LogP contribution in [0.15, 0.2) is 65.5 Å². The predicted octanol–water partition coefficient (Wildman–Crippen LogP) is 4.54. The summed E-state index contributed by atoms with van der Waals surface area (Å²) in [7, 11) is 1.61. The molecule has 1 atom stereocenters. The molecule has 3 heterocycles. The molecule has 9 nitrogen and oxygen atoms in total. The van der Waals surface area contributed by atoms with Gasteiger partial charge in [0.25, 0.3) is 0 Å². The highest BCUT2D eigenvalue weighted by Crippen LogP contribution is 2.33. The van der Waals surface area contributed by atoms with Crippen molar-refractivity contribution in [2.45, 2.75) is 18.9 Å². The summed E-state index contributed by atoms with van der Waals surface area (Å²) in [5, 5.41) is 6.57. The van der Waals surface area contributed by atoms with E-state index in [9.17, 15) is 0 Å². The molecule has 168 valence electrons. The SMILES string of the molecule is COc1cc(Nc2nc(NCC3CCCO3)nc(-c3ccccc3)n2)ccc1-c1cnco1. The first kappa shape index (κ1) is 20.9. The number of hydrogen-bond donors (Lipinski definition) is 2. The molecule has 2 N–H and O–H groups in total. The van der Waals surface area contributed by atoms with Crippen molar-refractivity contribution in [3.05, 3.63) is 61.1 Å². The number of ether oxygens (including phenoxy) is 2. The minimum atomic E-state index is 0.172. The molecule has 0 amide bonds. The van der Waals surface area contributed by atoms with E-state index in [1.54, 1.807) is 13.3 Å². The van der Waals surface area contributed by atoms with Gasteiger partial charge in [-0.15, -0.1) is 0 Å². The number of aromatic nitrogens is 4. The molecule has 0 saturated carbocycles. The molecule has 2 aromatic carbocycles. The maximum absolute atomic E-state index is 5.71. The number of hydrogen-bond acceptors (Lipinski definition) is 9. The van der Waals surface area contributed by atoms with Crippen LogP contribution in [0.3, 0.4) is 0 Å². The Labute approximate surface area is 191 Å². The summed E-state index contributed by atoms with van der Waals surface area (Å²) >= 11 is 0. The van der Waals surface area contributed by atoms with E-state index in [0.717, 1.165) is 36.3 Å². The highest BCUT2D eigenvalue weighted by Gasteiger charge is 2.17. The zero-order chi connectivity index (χ0) is 22.5. The molecular weight excluding hydrogens is 420 g/mol. The van der Waals surface area contributed by atoms with Crippen LogP contribution in [0.4, 0.5) is 17.6 Å². The summed E-state index contributed by atoms with van der Waals surface area (Å²) in [4.78, 5) is 17.8. The molecule has 0 aliphatic carbocycles. The van der Waals surface area contributed by atoms with E-state index < -0.39 is 0 Å². The van der Waals surface area contributed by atoms with Gasteiger partial charge in [0.2, 0.25) is 11.9 Å². The third-order valence-electron chi connectivity index (χ3n) is 5.33. The normalized spacial score (nSPS) is 15.4. The Hall–Kier alpha value is -3.98. The molecule has 1 aliphatic rings. The molecule has 1 fully saturated rings. The van der Waals surface area contributed by atoms with Gasteiger partial charge in [-0.1, -0.05) is 30.3 Å². The van der Waals surface area contributed by atoms with E-state index in [0.29, 0.717) is 35.8 Å². The van der Waals surface area contributed by atoms with Crippen LogP contribution in [0.2, 0.25) is 0 Å². The van der Waals surface area contributed by atoms with E-state index in [2.05, 4.69) is 30.6 Å². The molecule has 9 heteroatoms. The fraction of sp³-hybridized carbons (Fsp3) is 0.250. The Balaban J connectivity index is 1.43. The molecule has 1 aliphatic heterocycles. The van der Waals surface area contributed by atoms with Gasteiger partial charge in [0.15, 0.2) is 18.0 Å². The lowest BCUT2D eigenvalue weighted by Crippen LogP contribution is -2.20. The van der Waals surface area contributed by atoms with Crippen molar-refractivity contribution in [2.24, 2.45) is 0 Å². The van der Waals surface area contributed by atoms with E-state index in [4.69, 9.17) is 13.9 Å². The van der Waals surface area contributed by atoms with Crippen LogP contribution in [0.25, 0.3) is 22.7 Å². The second kappa shape index (κ2) is 9.66. The van der Waals surface area contributed by atoms with Gasteiger partial charge in [0, 0.05) is 30.5 Å². The molecular formula is C24H24N6O3. The van der Waals surface area contributed by atoms with Gasteiger partial charge >= 0.3 is 0 Å². The zero-order valence-corrected chi connectivity index (χ0v) is 18.2. The fourth-order valence-corrected chi connectivity index (χ4v) is 3.69. The number of methoxy groups -OCH3 is 1. The molecule has 1 saturated heterocycles. The lowest BCUT2D eigenvalue weighted by Gasteiger charge is -2.14. The van der Waals surface area contributed by atoms with Crippen molar-refractivity contribution in [2.75, 3.05) is 30.9 Å². The first-order valence-corrected chi connectivity index (χ1v) is 10.8. The van der Waals surface area contributed by atoms with Gasteiger partial charge in [-0.05, 0) is 25.0 Å². The molecule has 0 radical (unpaired) electrons. The van der Waals surface area contributed by atoms with Crippen LogP contribution in [0, 0.1) is 0 Å². The number of rotatable bonds is 8. The number of oxazole rings is 1. The monoisotopic (exact) mass is 444 g/mol. The highest BCUT2D eigenvalue weighted by molar-refractivity contribution is 5.71. The van der Waals surface area contributed by atoms with Crippen LogP contribution in [-0.4, -0.2) is 46.3 Å². The van der Waals surface area contributed by atoms with Crippen LogP contribution < -0.4 is 15.4 Å². The van der Waals surface area contributed by atoms with Crippen molar-refractivity contribution >= 4 is 17.6 Å². The Morgan fingerprint density at radius 3 is 2.70 bits per heavy atom. The van der Waals surface area contributed by atoms with Crippen molar-refractivity contribution < 1.29 is 13.9 Å². The molecule has 5 rings (SSSR count). The van der Waals surface area contributed by atoms with E-state index in [1.165, 1.54) is 6.39 Å². The third kappa shape index (κ3) is 4.93. The zero-order valence-electron chi connectivity index (χ0n) is 18.2. The maximum Gasteiger partial charge on any atom is 0.232 e. The average molecular weight is 444 g/mol. The van der Waals surface area contributed by atoms with Crippen LogP contribution >= 0.6 is 0 Å². The standard InChI is InChI=1S/C24H24N6O3/c1-31-20-12-17(9-10-19(20)21-14-25-15-33-21)27-24-29-22(16-6-3-2-4-7-16)28-23(30-24)26-13-18-8-5-11-32-18/h2-4,6-7,9-10,12,14-15,18H,5,8,11,13H2,1H3,(H2,26,27,28,29,30). The fourth-order valence-electron chi connectivity index (χ4n) is 3.69. The van der Waals surface area contributed by atoms with Gasteiger partial charge in [0.1, 0.15) is 5.75 Å². The average Bonchev–Trinajstić information content (AvgIpc) is 3.58. The number of benzene rings is 2. The number of anilines is 3. The van der Waals surface area contributed by atoms with Gasteiger partial charge in [0.05, 0.1) is 25.0 Å². The first-order valence-electron chi connectivity index (χ1n) is 10.8. The Kier molecular flexibility index (Phi) is 6.12. The largest absolute Gasteiger partial charge is 0.496 e. The van der Waals surface area contributed by atoms with Gasteiger partial charge in [-0.2, -0.15) is 15.0 Å². The lowest BCUT2D eigenvalue weighted by molar-refractivity contribution is 0.120. The predicted molar refractivity (Wildman–Crippen MR) is 125 cm³/mol. The van der Waals surface area contributed by atoms with Crippen LogP contribution in [-0.2, 0) is 4.74 Å². The topological polar surface area (TPSA) is 107 Å². The summed E-state index contributed by atoms with van der Waals surface area (Å²) in [6, 6.07) is 15.5. The van der Waals surface area contributed by atoms with Crippen molar-refractivity contribution in [1.29, 1.82) is 0 Å². The summed E-state index contributed by atoms with van der Waals surface area (Å²) < 4.78 is 16.7. The first-order chi connectivity index (χ1) is 16.3. The Bertz CT molecular complexity index is 1190. The molecule has 33 heavy (non-hydrogen) atoms. The molecule has 1 unspecified atom stereocenters. The summed E-state index contributed by atoms with van der Waals surface area (Å²) in [6.07, 6.45) is 5.33. The molecule has 2 aromatic heterocycles. The summed E-state index contributed by atoms with van der Waals surface area (Å²) in [5.41, 5.74) is 2.48. The maximum atomic E-state index is 5.71. The van der Waals surface area contributed by atoms with E-state index in [-0.39, 0.29) is 6.10 Å². The van der Waals surface area contributed by atoms with Crippen molar-refractivity contribution in [3.63, 3.8) is 0 Å². The minimum absolute atomic E-state index is 0.172. The van der Waals surface area contributed by atoms with Crippen LogP contribution in [0.5, 0.6) is 5.75 Å². The summed E-state index contributed by atoms with van der Waals surface area (Å²) in [6.45, 7) is 1.45. The van der Waals surface area contributed by atoms with Crippen molar-refractivity contribution in [3.8, 4) is 28.5 Å². The smallest absolute Gasteiger partial charge is 0.232 e. The van der Waals surface area contributed by atoms with Gasteiger partial charge < -0.3 is 24.5 Å². The van der Waals surface area contributed by atoms with E-state index >= 15 is 0 Å². The van der Waals surface area contributed by atoms with Gasteiger partial charge in [-0.25, -0.2) is 4.98 Å². The van der Waals surface area contributed by atoms with E-state index in [1.807, 2.05) is 48.5 Å².